The second-order valence-electron chi connectivity index (χ2n) is 8.04. The highest BCUT2D eigenvalue weighted by atomic mass is 16.5. The minimum Gasteiger partial charge on any atom is -0.497 e. The van der Waals surface area contributed by atoms with E-state index in [1.807, 2.05) is 44.2 Å². The molecule has 0 saturated carbocycles. The van der Waals surface area contributed by atoms with Gasteiger partial charge in [-0.1, -0.05) is 38.1 Å². The van der Waals surface area contributed by atoms with Gasteiger partial charge in [0.1, 0.15) is 11.5 Å². The van der Waals surface area contributed by atoms with Gasteiger partial charge in [-0.3, -0.25) is 4.79 Å². The van der Waals surface area contributed by atoms with Crippen LogP contribution in [-0.2, 0) is 10.2 Å². The van der Waals surface area contributed by atoms with Crippen molar-refractivity contribution < 1.29 is 14.3 Å². The van der Waals surface area contributed by atoms with Gasteiger partial charge in [-0.2, -0.15) is 0 Å². The van der Waals surface area contributed by atoms with Gasteiger partial charge in [-0.25, -0.2) is 0 Å². The third-order valence-corrected chi connectivity index (χ3v) is 5.95. The number of piperidine rings is 1. The number of nitrogens with zero attached hydrogens (tertiary/aromatic N) is 1. The summed E-state index contributed by atoms with van der Waals surface area (Å²) in [5.74, 6) is 1.82. The smallest absolute Gasteiger partial charge is 0.222 e. The molecule has 156 valence electrons. The van der Waals surface area contributed by atoms with Crippen LogP contribution in [0.25, 0.3) is 0 Å². The van der Waals surface area contributed by atoms with Crippen molar-refractivity contribution in [3.8, 4) is 11.5 Å². The van der Waals surface area contributed by atoms with Crippen LogP contribution in [0.2, 0.25) is 0 Å². The quantitative estimate of drug-likeness (QED) is 0.768. The van der Waals surface area contributed by atoms with Gasteiger partial charge in [0.15, 0.2) is 0 Å². The average Bonchev–Trinajstić information content (AvgIpc) is 2.77. The van der Waals surface area contributed by atoms with Crippen LogP contribution in [0, 0.1) is 5.92 Å². The van der Waals surface area contributed by atoms with E-state index >= 15 is 0 Å². The normalized spacial score (nSPS) is 15.8. The predicted molar refractivity (Wildman–Crippen MR) is 117 cm³/mol. The fourth-order valence-corrected chi connectivity index (χ4v) is 4.05. The molecule has 1 aliphatic rings. The lowest BCUT2D eigenvalue weighted by Gasteiger charge is -2.43. The van der Waals surface area contributed by atoms with E-state index in [9.17, 15) is 4.79 Å². The Hall–Kier alpha value is -2.69. The van der Waals surface area contributed by atoms with Crippen molar-refractivity contribution in [3.05, 3.63) is 54.1 Å². The van der Waals surface area contributed by atoms with Gasteiger partial charge >= 0.3 is 0 Å². The van der Waals surface area contributed by atoms with Gasteiger partial charge in [0.05, 0.1) is 19.9 Å². The van der Waals surface area contributed by atoms with E-state index in [1.165, 1.54) is 5.56 Å². The Labute approximate surface area is 174 Å². The van der Waals surface area contributed by atoms with Crippen LogP contribution in [0.5, 0.6) is 11.5 Å². The average molecular weight is 397 g/mol. The fourth-order valence-electron chi connectivity index (χ4n) is 4.05. The van der Waals surface area contributed by atoms with Crippen molar-refractivity contribution in [2.45, 2.75) is 32.1 Å². The summed E-state index contributed by atoms with van der Waals surface area (Å²) in [4.78, 5) is 14.7. The maximum absolute atomic E-state index is 12.3. The summed E-state index contributed by atoms with van der Waals surface area (Å²) < 4.78 is 11.0. The van der Waals surface area contributed by atoms with Gasteiger partial charge in [-0.05, 0) is 42.7 Å². The molecule has 29 heavy (non-hydrogen) atoms. The maximum atomic E-state index is 12.3. The molecule has 1 fully saturated rings. The zero-order chi connectivity index (χ0) is 20.9. The summed E-state index contributed by atoms with van der Waals surface area (Å²) in [6, 6.07) is 16.4. The highest BCUT2D eigenvalue weighted by molar-refractivity contribution is 5.78. The zero-order valence-electron chi connectivity index (χ0n) is 17.9. The number of carbonyl (C=O) groups is 1. The minimum atomic E-state index is -0.113. The number of anilines is 1. The van der Waals surface area contributed by atoms with E-state index in [-0.39, 0.29) is 17.2 Å². The summed E-state index contributed by atoms with van der Waals surface area (Å²) in [6.45, 7) is 6.29. The van der Waals surface area contributed by atoms with Crippen LogP contribution in [0.15, 0.2) is 48.5 Å². The number of carbonyl (C=O) groups excluding carboxylic acids is 1. The third-order valence-electron chi connectivity index (χ3n) is 5.95. The lowest BCUT2D eigenvalue weighted by Crippen LogP contribution is -2.49. The van der Waals surface area contributed by atoms with Crippen molar-refractivity contribution in [2.24, 2.45) is 5.92 Å². The Bertz CT molecular complexity index is 826. The fraction of sp³-hybridized carbons (Fsp3) is 0.458. The maximum Gasteiger partial charge on any atom is 0.222 e. The van der Waals surface area contributed by atoms with E-state index in [2.05, 4.69) is 28.4 Å². The largest absolute Gasteiger partial charge is 0.497 e. The molecule has 5 heteroatoms. The van der Waals surface area contributed by atoms with Crippen LogP contribution in [-0.4, -0.2) is 39.8 Å². The van der Waals surface area contributed by atoms with E-state index in [0.29, 0.717) is 6.54 Å². The first-order valence-corrected chi connectivity index (χ1v) is 10.3. The molecule has 1 saturated heterocycles. The molecule has 0 atom stereocenters. The van der Waals surface area contributed by atoms with E-state index in [0.717, 1.165) is 43.1 Å². The molecule has 0 aliphatic carbocycles. The van der Waals surface area contributed by atoms with Gasteiger partial charge in [0, 0.05) is 31.0 Å². The van der Waals surface area contributed by atoms with Crippen molar-refractivity contribution >= 4 is 11.6 Å². The number of benzene rings is 2. The van der Waals surface area contributed by atoms with Crippen molar-refractivity contribution in [1.29, 1.82) is 0 Å². The third kappa shape index (κ3) is 4.66. The molecule has 0 aromatic heterocycles. The first kappa shape index (κ1) is 21.0. The molecule has 1 aliphatic heterocycles. The number of para-hydroxylation sites is 2. The summed E-state index contributed by atoms with van der Waals surface area (Å²) in [5, 5.41) is 3.18. The number of methoxy groups -OCH3 is 2. The molecule has 0 radical (unpaired) electrons. The summed E-state index contributed by atoms with van der Waals surface area (Å²) in [5.41, 5.74) is 2.23. The Morgan fingerprint density at radius 1 is 1.07 bits per heavy atom. The number of hydrogen-bond acceptors (Lipinski definition) is 4. The molecule has 2 aromatic carbocycles. The highest BCUT2D eigenvalue weighted by Gasteiger charge is 2.37. The Morgan fingerprint density at radius 2 is 1.79 bits per heavy atom. The monoisotopic (exact) mass is 396 g/mol. The van der Waals surface area contributed by atoms with Crippen LogP contribution in [0.3, 0.4) is 0 Å². The lowest BCUT2D eigenvalue weighted by atomic mass is 9.72. The number of amides is 1. The first-order chi connectivity index (χ1) is 14.0. The summed E-state index contributed by atoms with van der Waals surface area (Å²) >= 11 is 0. The van der Waals surface area contributed by atoms with Crippen LogP contribution in [0.4, 0.5) is 5.69 Å². The Morgan fingerprint density at radius 3 is 2.45 bits per heavy atom. The SMILES string of the molecule is COc1cccc(C2(CNC(=O)C(C)C)CCN(c3ccccc3OC)CC2)c1. The zero-order valence-corrected chi connectivity index (χ0v) is 17.9. The Kier molecular flexibility index (Phi) is 6.68. The predicted octanol–water partition coefficient (Wildman–Crippen LogP) is 4.01. The van der Waals surface area contributed by atoms with Crippen molar-refractivity contribution in [3.63, 3.8) is 0 Å². The first-order valence-electron chi connectivity index (χ1n) is 10.3. The van der Waals surface area contributed by atoms with Crippen molar-refractivity contribution in [1.82, 2.24) is 5.32 Å². The van der Waals surface area contributed by atoms with Gasteiger partial charge in [0.2, 0.25) is 5.91 Å². The topological polar surface area (TPSA) is 50.8 Å². The van der Waals surface area contributed by atoms with Crippen LogP contribution >= 0.6 is 0 Å². The number of hydrogen-bond donors (Lipinski definition) is 1. The van der Waals surface area contributed by atoms with Gasteiger partial charge < -0.3 is 19.7 Å². The second-order valence-corrected chi connectivity index (χ2v) is 8.04. The van der Waals surface area contributed by atoms with Crippen LogP contribution in [0.1, 0.15) is 32.3 Å². The highest BCUT2D eigenvalue weighted by Crippen LogP contribution is 2.39. The minimum absolute atomic E-state index is 0.0222. The molecule has 2 aromatic rings. The molecular formula is C24H32N2O3. The van der Waals surface area contributed by atoms with Crippen LogP contribution < -0.4 is 19.7 Å². The number of nitrogens with one attached hydrogen (secondary N) is 1. The van der Waals surface area contributed by atoms with E-state index in [1.54, 1.807) is 14.2 Å². The van der Waals surface area contributed by atoms with Gasteiger partial charge in [0.25, 0.3) is 0 Å². The molecule has 0 bridgehead atoms. The standard InChI is InChI=1S/C24H32N2O3/c1-18(2)23(27)25-17-24(19-8-7-9-20(16-19)28-3)12-14-26(15-13-24)21-10-5-6-11-22(21)29-4/h5-11,16,18H,12-15,17H2,1-4H3,(H,25,27). The molecule has 1 heterocycles. The molecule has 0 unspecified atom stereocenters. The summed E-state index contributed by atoms with van der Waals surface area (Å²) in [6.07, 6.45) is 1.88. The molecule has 1 N–H and O–H groups in total. The molecule has 1 amide bonds. The lowest BCUT2D eigenvalue weighted by molar-refractivity contribution is -0.124. The van der Waals surface area contributed by atoms with Gasteiger partial charge in [-0.15, -0.1) is 0 Å². The Balaban J connectivity index is 1.84. The van der Waals surface area contributed by atoms with Crippen molar-refractivity contribution in [2.75, 3.05) is 38.8 Å². The second kappa shape index (κ2) is 9.21. The number of rotatable bonds is 7. The molecular weight excluding hydrogens is 364 g/mol. The molecule has 0 spiro atoms. The number of ether oxygens (including phenoxy) is 2. The molecule has 3 rings (SSSR count). The molecule has 5 nitrogen and oxygen atoms in total. The van der Waals surface area contributed by atoms with E-state index in [4.69, 9.17) is 9.47 Å². The van der Waals surface area contributed by atoms with E-state index < -0.39 is 0 Å². The summed E-state index contributed by atoms with van der Waals surface area (Å²) in [7, 11) is 3.40.